The van der Waals surface area contributed by atoms with Gasteiger partial charge in [0.15, 0.2) is 0 Å². The van der Waals surface area contributed by atoms with E-state index < -0.39 is 52.3 Å². The van der Waals surface area contributed by atoms with Crippen molar-refractivity contribution in [3.63, 3.8) is 0 Å². The summed E-state index contributed by atoms with van der Waals surface area (Å²) in [4.78, 5) is 73.0. The molecule has 3 N–H and O–H groups in total. The molecule has 2 aliphatic carbocycles. The Labute approximate surface area is 302 Å². The normalized spacial score (nSPS) is 27.4. The predicted octanol–water partition coefficient (Wildman–Crippen LogP) is 4.35. The number of anilines is 1. The lowest BCUT2D eigenvalue weighted by molar-refractivity contribution is -0.136. The van der Waals surface area contributed by atoms with E-state index in [-0.39, 0.29) is 36.3 Å². The molecule has 3 saturated heterocycles. The Morgan fingerprint density at radius 1 is 0.925 bits per heavy atom. The quantitative estimate of drug-likeness (QED) is 0.260. The van der Waals surface area contributed by atoms with E-state index in [0.717, 1.165) is 50.4 Å². The molecule has 0 radical (unpaired) electrons. The van der Waals surface area contributed by atoms with E-state index in [1.54, 1.807) is 19.1 Å². The van der Waals surface area contributed by atoms with E-state index in [1.165, 1.54) is 0 Å². The van der Waals surface area contributed by atoms with E-state index in [4.69, 9.17) is 0 Å². The number of imide groups is 2. The second-order valence-electron chi connectivity index (χ2n) is 16.0. The van der Waals surface area contributed by atoms with E-state index >= 15 is 0 Å². The first-order valence-corrected chi connectivity index (χ1v) is 18.3. The maximum Gasteiger partial charge on any atom is 0.262 e. The van der Waals surface area contributed by atoms with Crippen molar-refractivity contribution in [1.82, 2.24) is 30.3 Å². The molecule has 12 nitrogen and oxygen atoms in total. The Bertz CT molecular complexity index is 2320. The van der Waals surface area contributed by atoms with Crippen LogP contribution in [0.3, 0.4) is 0 Å². The standard InChI is InChI=1S/C39H37F2N7O5/c1-37-18-28-25(17-30(37)39(37,40)41)32(45-44-28)27-15-21-3-4-22(16-26(21)42-27)47-13-10-38(36(47)53)8-11-46(12-9-38)19-20-2-5-23-24(14-20)35(52)48(34(23)51)29-6-7-31(49)43-33(29)50/h2-5,14-16,29-30,42H,6-13,17-19H2,1H3,(H,44,45)(H,43,49,50)/t29?,30-,37+/m0/s1. The zero-order valence-electron chi connectivity index (χ0n) is 29.1. The maximum absolute atomic E-state index is 14.5. The average Bonchev–Trinajstić information content (AvgIpc) is 3.72. The summed E-state index contributed by atoms with van der Waals surface area (Å²) < 4.78 is 29.0. The number of hydrogen-bond acceptors (Lipinski definition) is 7. The third kappa shape index (κ3) is 4.60. The molecule has 0 bridgehead atoms. The van der Waals surface area contributed by atoms with Gasteiger partial charge in [-0.25, -0.2) is 8.78 Å². The first-order valence-electron chi connectivity index (χ1n) is 18.3. The van der Waals surface area contributed by atoms with Gasteiger partial charge in [0.1, 0.15) is 11.7 Å². The Balaban J connectivity index is 0.802. The van der Waals surface area contributed by atoms with Crippen LogP contribution in [-0.2, 0) is 33.8 Å². The molecular weight excluding hydrogens is 684 g/mol. The van der Waals surface area contributed by atoms with Crippen LogP contribution in [0, 0.1) is 16.7 Å². The summed E-state index contributed by atoms with van der Waals surface area (Å²) in [5.74, 6) is -5.30. The third-order valence-corrected chi connectivity index (χ3v) is 13.2. The molecule has 1 spiro atoms. The number of likely N-dealkylation sites (tertiary alicyclic amines) is 1. The van der Waals surface area contributed by atoms with Gasteiger partial charge in [0.25, 0.3) is 17.7 Å². The molecule has 4 aromatic rings. The fourth-order valence-electron chi connectivity index (χ4n) is 9.79. The lowest BCUT2D eigenvalue weighted by atomic mass is 9.77. The molecule has 4 fully saturated rings. The number of fused-ring (bicyclic) bond motifs is 4. The number of carbonyl (C=O) groups excluding carboxylic acids is 5. The summed E-state index contributed by atoms with van der Waals surface area (Å²) in [6.07, 6.45) is 2.92. The van der Waals surface area contributed by atoms with Crippen LogP contribution >= 0.6 is 0 Å². The Morgan fingerprint density at radius 3 is 2.49 bits per heavy atom. The van der Waals surface area contributed by atoms with Gasteiger partial charge in [-0.05, 0) is 81.1 Å². The number of rotatable bonds is 5. The molecule has 4 aliphatic heterocycles. The van der Waals surface area contributed by atoms with E-state index in [0.29, 0.717) is 51.1 Å². The molecule has 272 valence electrons. The lowest BCUT2D eigenvalue weighted by Gasteiger charge is -2.38. The molecule has 6 heterocycles. The second-order valence-corrected chi connectivity index (χ2v) is 16.0. The second kappa shape index (κ2) is 10.9. The topological polar surface area (TPSA) is 152 Å². The number of alkyl halides is 2. The van der Waals surface area contributed by atoms with Gasteiger partial charge < -0.3 is 9.88 Å². The number of carbonyl (C=O) groups is 5. The summed E-state index contributed by atoms with van der Waals surface area (Å²) in [5.41, 5.74) is 4.69. The predicted molar refractivity (Wildman–Crippen MR) is 187 cm³/mol. The zero-order chi connectivity index (χ0) is 36.6. The summed E-state index contributed by atoms with van der Waals surface area (Å²) in [5, 5.41) is 10.7. The monoisotopic (exact) mass is 721 g/mol. The fraction of sp³-hybridized carbons (Fsp3) is 0.436. The van der Waals surface area contributed by atoms with Crippen LogP contribution in [0.2, 0.25) is 0 Å². The minimum absolute atomic E-state index is 0.0670. The molecule has 3 atom stereocenters. The van der Waals surface area contributed by atoms with E-state index in [1.807, 2.05) is 35.2 Å². The largest absolute Gasteiger partial charge is 0.353 e. The van der Waals surface area contributed by atoms with Gasteiger partial charge in [-0.3, -0.25) is 44.2 Å². The molecule has 14 heteroatoms. The molecule has 6 aliphatic rings. The SMILES string of the molecule is C[C@@]12Cc3[nH]nc(-c4cc5ccc(N6CCC7(CCN(Cc8ccc9c(c8)C(=O)N(C8CCC(=O)NC8=O)C9=O)CC7)C6=O)cc5[nH]4)c3C[C@@H]1C2(F)F. The Morgan fingerprint density at radius 2 is 1.70 bits per heavy atom. The van der Waals surface area contributed by atoms with Gasteiger partial charge in [0.2, 0.25) is 17.7 Å². The molecule has 53 heavy (non-hydrogen) atoms. The summed E-state index contributed by atoms with van der Waals surface area (Å²) in [6.45, 7) is 4.22. The van der Waals surface area contributed by atoms with Crippen LogP contribution in [0.5, 0.6) is 0 Å². The molecule has 1 unspecified atom stereocenters. The summed E-state index contributed by atoms with van der Waals surface area (Å²) >= 11 is 0. The molecule has 2 aromatic carbocycles. The average molecular weight is 722 g/mol. The molecule has 2 aromatic heterocycles. The minimum atomic E-state index is -2.66. The third-order valence-electron chi connectivity index (χ3n) is 13.2. The van der Waals surface area contributed by atoms with Crippen molar-refractivity contribution in [2.45, 2.75) is 70.4 Å². The van der Waals surface area contributed by atoms with Crippen molar-refractivity contribution in [2.75, 3.05) is 24.5 Å². The van der Waals surface area contributed by atoms with Gasteiger partial charge >= 0.3 is 0 Å². The zero-order valence-corrected chi connectivity index (χ0v) is 29.1. The number of hydrogen-bond donors (Lipinski definition) is 3. The van der Waals surface area contributed by atoms with Crippen molar-refractivity contribution >= 4 is 46.1 Å². The van der Waals surface area contributed by atoms with Gasteiger partial charge in [0, 0.05) is 65.1 Å². The van der Waals surface area contributed by atoms with Crippen LogP contribution in [0.15, 0.2) is 42.5 Å². The van der Waals surface area contributed by atoms with E-state index in [9.17, 15) is 32.8 Å². The maximum atomic E-state index is 14.5. The lowest BCUT2D eigenvalue weighted by Crippen LogP contribution is -2.54. The Kier molecular flexibility index (Phi) is 6.67. The van der Waals surface area contributed by atoms with Crippen LogP contribution in [0.4, 0.5) is 14.5 Å². The molecular formula is C39H37F2N7O5. The summed E-state index contributed by atoms with van der Waals surface area (Å²) in [7, 11) is 0. The van der Waals surface area contributed by atoms with Gasteiger partial charge in [0.05, 0.1) is 22.2 Å². The Hall–Kier alpha value is -5.24. The van der Waals surface area contributed by atoms with Crippen molar-refractivity contribution in [1.29, 1.82) is 0 Å². The highest BCUT2D eigenvalue weighted by atomic mass is 19.3. The van der Waals surface area contributed by atoms with Crippen LogP contribution in [0.1, 0.15) is 76.6 Å². The van der Waals surface area contributed by atoms with Gasteiger partial charge in [-0.1, -0.05) is 19.1 Å². The highest BCUT2D eigenvalue weighted by Crippen LogP contribution is 2.70. The van der Waals surface area contributed by atoms with Gasteiger partial charge in [-0.2, -0.15) is 5.10 Å². The highest BCUT2D eigenvalue weighted by molar-refractivity contribution is 6.23. The van der Waals surface area contributed by atoms with Crippen LogP contribution in [0.25, 0.3) is 22.3 Å². The number of piperidine rings is 2. The smallest absolute Gasteiger partial charge is 0.262 e. The first kappa shape index (κ1) is 32.4. The van der Waals surface area contributed by atoms with Crippen LogP contribution in [-0.4, -0.2) is 86.1 Å². The number of benzene rings is 2. The fourth-order valence-corrected chi connectivity index (χ4v) is 9.79. The number of amides is 5. The van der Waals surface area contributed by atoms with Crippen molar-refractivity contribution in [2.24, 2.45) is 16.7 Å². The van der Waals surface area contributed by atoms with Crippen molar-refractivity contribution in [3.05, 3.63) is 70.4 Å². The van der Waals surface area contributed by atoms with E-state index in [2.05, 4.69) is 25.4 Å². The number of H-pyrrole nitrogens is 2. The van der Waals surface area contributed by atoms with Crippen molar-refractivity contribution in [3.8, 4) is 11.4 Å². The number of aromatic amines is 2. The number of halogens is 2. The number of nitrogens with zero attached hydrogens (tertiary/aromatic N) is 4. The molecule has 5 amide bonds. The van der Waals surface area contributed by atoms with Gasteiger partial charge in [-0.15, -0.1) is 0 Å². The minimum Gasteiger partial charge on any atom is -0.353 e. The molecule has 10 rings (SSSR count). The number of nitrogens with one attached hydrogen (secondary N) is 3. The number of aromatic nitrogens is 3. The molecule has 1 saturated carbocycles. The highest BCUT2D eigenvalue weighted by Gasteiger charge is 2.78. The first-order chi connectivity index (χ1) is 25.4. The summed E-state index contributed by atoms with van der Waals surface area (Å²) in [6, 6.07) is 12.1. The van der Waals surface area contributed by atoms with Crippen LogP contribution < -0.4 is 10.2 Å². The van der Waals surface area contributed by atoms with Crippen molar-refractivity contribution < 1.29 is 32.8 Å².